The largest absolute Gasteiger partial charge is 0.352 e. The van der Waals surface area contributed by atoms with Crippen LogP contribution in [0.5, 0.6) is 0 Å². The molecule has 0 bridgehead atoms. The molecule has 3 N–H and O–H groups in total. The lowest BCUT2D eigenvalue weighted by Gasteiger charge is -2.12. The van der Waals surface area contributed by atoms with E-state index in [2.05, 4.69) is 16.0 Å². The molecule has 1 heterocycles. The fraction of sp³-hybridized carbons (Fsp3) is 0.579. The number of benzene rings is 1. The van der Waals surface area contributed by atoms with Crippen LogP contribution in [-0.4, -0.2) is 24.9 Å². The maximum atomic E-state index is 12.0. The second kappa shape index (κ2) is 9.42. The Bertz CT molecular complexity index is 553. The summed E-state index contributed by atoms with van der Waals surface area (Å²) in [5.41, 5.74) is 1.77. The van der Waals surface area contributed by atoms with E-state index in [9.17, 15) is 9.59 Å². The van der Waals surface area contributed by atoms with Gasteiger partial charge in [0.25, 0.3) is 0 Å². The molecule has 2 unspecified atom stereocenters. The maximum Gasteiger partial charge on any atom is 0.227 e. The van der Waals surface area contributed by atoms with Crippen LogP contribution in [-0.2, 0) is 16.1 Å². The van der Waals surface area contributed by atoms with Crippen molar-refractivity contribution in [2.75, 3.05) is 18.4 Å². The van der Waals surface area contributed by atoms with E-state index in [-0.39, 0.29) is 17.7 Å². The first kappa shape index (κ1) is 18.5. The van der Waals surface area contributed by atoms with Gasteiger partial charge < -0.3 is 16.0 Å². The fourth-order valence-corrected chi connectivity index (χ4v) is 2.79. The molecule has 1 aliphatic rings. The number of carbonyl (C=O) groups is 2. The van der Waals surface area contributed by atoms with E-state index < -0.39 is 0 Å². The number of nitrogens with one attached hydrogen (secondary N) is 3. The molecule has 24 heavy (non-hydrogen) atoms. The van der Waals surface area contributed by atoms with Crippen LogP contribution in [0.2, 0.25) is 0 Å². The van der Waals surface area contributed by atoms with Crippen molar-refractivity contribution in [2.24, 2.45) is 11.8 Å². The highest BCUT2D eigenvalue weighted by Crippen LogP contribution is 2.15. The Hall–Kier alpha value is -1.88. The third-order valence-electron chi connectivity index (χ3n) is 4.69. The normalized spacial score (nSPS) is 18.2. The summed E-state index contributed by atoms with van der Waals surface area (Å²) >= 11 is 0. The smallest absolute Gasteiger partial charge is 0.227 e. The maximum absolute atomic E-state index is 12.0. The van der Waals surface area contributed by atoms with E-state index in [1.54, 1.807) is 0 Å². The van der Waals surface area contributed by atoms with Crippen molar-refractivity contribution >= 4 is 17.5 Å². The molecule has 0 aromatic heterocycles. The summed E-state index contributed by atoms with van der Waals surface area (Å²) in [5.74, 6) is 0.757. The van der Waals surface area contributed by atoms with Gasteiger partial charge in [0.15, 0.2) is 0 Å². The number of hydrogen-bond donors (Lipinski definition) is 3. The van der Waals surface area contributed by atoms with Crippen molar-refractivity contribution in [1.82, 2.24) is 10.6 Å². The van der Waals surface area contributed by atoms with E-state index in [1.807, 2.05) is 38.1 Å². The Kier molecular flexibility index (Phi) is 7.25. The van der Waals surface area contributed by atoms with Gasteiger partial charge in [-0.2, -0.15) is 0 Å². The molecule has 2 amide bonds. The molecule has 1 saturated heterocycles. The Morgan fingerprint density at radius 1 is 1.38 bits per heavy atom. The molecule has 1 fully saturated rings. The standard InChI is InChI=1S/C19H29N3O2/c1-3-14(2)19(24)22-17-6-4-5-16(11-17)13-21-18(23)8-7-15-9-10-20-12-15/h4-6,11,14-15,20H,3,7-10,12-13H2,1-2H3,(H,21,23)(H,22,24). The highest BCUT2D eigenvalue weighted by atomic mass is 16.2. The number of anilines is 1. The number of rotatable bonds is 8. The van der Waals surface area contributed by atoms with Gasteiger partial charge in [-0.1, -0.05) is 26.0 Å². The van der Waals surface area contributed by atoms with Crippen LogP contribution in [0.3, 0.4) is 0 Å². The Morgan fingerprint density at radius 3 is 2.92 bits per heavy atom. The lowest BCUT2D eigenvalue weighted by Crippen LogP contribution is -2.24. The fourth-order valence-electron chi connectivity index (χ4n) is 2.79. The summed E-state index contributed by atoms with van der Waals surface area (Å²) in [6, 6.07) is 7.65. The zero-order chi connectivity index (χ0) is 17.4. The van der Waals surface area contributed by atoms with Crippen LogP contribution in [0.4, 0.5) is 5.69 Å². The first-order valence-electron chi connectivity index (χ1n) is 8.95. The van der Waals surface area contributed by atoms with Crippen molar-refractivity contribution < 1.29 is 9.59 Å². The minimum Gasteiger partial charge on any atom is -0.352 e. The minimum atomic E-state index is -0.00145. The van der Waals surface area contributed by atoms with Crippen LogP contribution in [0.25, 0.3) is 0 Å². The molecule has 0 aliphatic carbocycles. The van der Waals surface area contributed by atoms with Crippen molar-refractivity contribution in [3.05, 3.63) is 29.8 Å². The molecule has 0 saturated carbocycles. The molecule has 1 aliphatic heterocycles. The van der Waals surface area contributed by atoms with Gasteiger partial charge in [-0.15, -0.1) is 0 Å². The van der Waals surface area contributed by atoms with Crippen LogP contribution < -0.4 is 16.0 Å². The van der Waals surface area contributed by atoms with Gasteiger partial charge in [0, 0.05) is 24.6 Å². The lowest BCUT2D eigenvalue weighted by atomic mass is 10.0. The highest BCUT2D eigenvalue weighted by molar-refractivity contribution is 5.92. The van der Waals surface area contributed by atoms with Gasteiger partial charge in [-0.05, 0) is 56.0 Å². The first-order chi connectivity index (χ1) is 11.6. The molecular formula is C19H29N3O2. The third-order valence-corrected chi connectivity index (χ3v) is 4.69. The predicted octanol–water partition coefficient (Wildman–Crippen LogP) is 2.68. The number of amides is 2. The molecule has 0 spiro atoms. The Morgan fingerprint density at radius 2 is 2.21 bits per heavy atom. The van der Waals surface area contributed by atoms with Crippen molar-refractivity contribution in [1.29, 1.82) is 0 Å². The zero-order valence-electron chi connectivity index (χ0n) is 14.7. The van der Waals surface area contributed by atoms with E-state index in [1.165, 1.54) is 6.42 Å². The Labute approximate surface area is 144 Å². The summed E-state index contributed by atoms with van der Waals surface area (Å²) < 4.78 is 0. The second-order valence-corrected chi connectivity index (χ2v) is 6.67. The van der Waals surface area contributed by atoms with Crippen LogP contribution in [0.15, 0.2) is 24.3 Å². The molecule has 132 valence electrons. The molecule has 1 aromatic carbocycles. The van der Waals surface area contributed by atoms with Crippen molar-refractivity contribution in [3.63, 3.8) is 0 Å². The lowest BCUT2D eigenvalue weighted by molar-refractivity contribution is -0.121. The summed E-state index contributed by atoms with van der Waals surface area (Å²) in [7, 11) is 0. The van der Waals surface area contributed by atoms with Crippen molar-refractivity contribution in [2.45, 2.75) is 46.1 Å². The zero-order valence-corrected chi connectivity index (χ0v) is 14.7. The average molecular weight is 331 g/mol. The molecule has 2 atom stereocenters. The van der Waals surface area contributed by atoms with E-state index in [0.717, 1.165) is 37.2 Å². The SMILES string of the molecule is CCC(C)C(=O)Nc1cccc(CNC(=O)CCC2CCNC2)c1. The van der Waals surface area contributed by atoms with E-state index in [4.69, 9.17) is 0 Å². The van der Waals surface area contributed by atoms with Gasteiger partial charge in [0.2, 0.25) is 11.8 Å². The van der Waals surface area contributed by atoms with Crippen LogP contribution >= 0.6 is 0 Å². The molecule has 0 radical (unpaired) electrons. The Balaban J connectivity index is 1.76. The number of carbonyl (C=O) groups excluding carboxylic acids is 2. The monoisotopic (exact) mass is 331 g/mol. The molecule has 2 rings (SSSR count). The highest BCUT2D eigenvalue weighted by Gasteiger charge is 2.15. The summed E-state index contributed by atoms with van der Waals surface area (Å²) in [6.07, 6.45) is 3.52. The van der Waals surface area contributed by atoms with Gasteiger partial charge in [-0.25, -0.2) is 0 Å². The first-order valence-corrected chi connectivity index (χ1v) is 8.95. The number of hydrogen-bond acceptors (Lipinski definition) is 3. The minimum absolute atomic E-state index is 0.00145. The third kappa shape index (κ3) is 5.96. The van der Waals surface area contributed by atoms with Gasteiger partial charge in [0.1, 0.15) is 0 Å². The predicted molar refractivity (Wildman–Crippen MR) is 96.6 cm³/mol. The molecular weight excluding hydrogens is 302 g/mol. The summed E-state index contributed by atoms with van der Waals surface area (Å²) in [4.78, 5) is 23.9. The summed E-state index contributed by atoms with van der Waals surface area (Å²) in [6.45, 7) is 6.51. The second-order valence-electron chi connectivity index (χ2n) is 6.67. The van der Waals surface area contributed by atoms with Crippen LogP contribution in [0.1, 0.15) is 45.1 Å². The van der Waals surface area contributed by atoms with Crippen LogP contribution in [0, 0.1) is 11.8 Å². The van der Waals surface area contributed by atoms with Gasteiger partial charge in [-0.3, -0.25) is 9.59 Å². The van der Waals surface area contributed by atoms with Gasteiger partial charge >= 0.3 is 0 Å². The molecule has 5 nitrogen and oxygen atoms in total. The van der Waals surface area contributed by atoms with E-state index >= 15 is 0 Å². The summed E-state index contributed by atoms with van der Waals surface area (Å²) in [5, 5.41) is 9.21. The van der Waals surface area contributed by atoms with Gasteiger partial charge in [0.05, 0.1) is 0 Å². The topological polar surface area (TPSA) is 70.2 Å². The van der Waals surface area contributed by atoms with E-state index in [0.29, 0.717) is 18.9 Å². The average Bonchev–Trinajstić information content (AvgIpc) is 3.11. The quantitative estimate of drug-likeness (QED) is 0.686. The van der Waals surface area contributed by atoms with Crippen molar-refractivity contribution in [3.8, 4) is 0 Å². The molecule has 1 aromatic rings. The molecule has 5 heteroatoms.